The fraction of sp³-hybridized carbons (Fsp3) is 0.250. The zero-order valence-electron chi connectivity index (χ0n) is 17.1. The lowest BCUT2D eigenvalue weighted by molar-refractivity contribution is -0.124. The predicted octanol–water partition coefficient (Wildman–Crippen LogP) is 3.30. The Bertz CT molecular complexity index is 1060. The molecule has 0 saturated carbocycles. The summed E-state index contributed by atoms with van der Waals surface area (Å²) in [4.78, 5) is 13.6. The third kappa shape index (κ3) is 4.50. The highest BCUT2D eigenvalue weighted by Crippen LogP contribution is 2.22. The minimum atomic E-state index is -0.523. The largest absolute Gasteiger partial charge is 0.298 e. The molecule has 0 bridgehead atoms. The molecular weight excluding hydrogens is 376 g/mol. The van der Waals surface area contributed by atoms with E-state index in [0.717, 1.165) is 43.7 Å². The number of carbonyl (C=O) groups is 1. The van der Waals surface area contributed by atoms with Gasteiger partial charge < -0.3 is 0 Å². The number of aromatic nitrogens is 2. The van der Waals surface area contributed by atoms with Crippen LogP contribution in [0.4, 0.5) is 0 Å². The highest BCUT2D eigenvalue weighted by molar-refractivity contribution is 5.90. The number of rotatable bonds is 6. The summed E-state index contributed by atoms with van der Waals surface area (Å²) in [6.45, 7) is 5.08. The number of hydroxylamine groups is 1. The van der Waals surface area contributed by atoms with Crippen molar-refractivity contribution < 1.29 is 10.0 Å². The van der Waals surface area contributed by atoms with Crippen molar-refractivity contribution in [3.8, 4) is 5.69 Å². The predicted molar refractivity (Wildman–Crippen MR) is 116 cm³/mol. The van der Waals surface area contributed by atoms with Crippen LogP contribution in [0, 0.1) is 6.92 Å². The number of amides is 1. The first-order valence-corrected chi connectivity index (χ1v) is 10.2. The van der Waals surface area contributed by atoms with Crippen LogP contribution in [0.15, 0.2) is 60.8 Å². The first kappa shape index (κ1) is 20.1. The van der Waals surface area contributed by atoms with Gasteiger partial charge in [0.05, 0.1) is 11.9 Å². The van der Waals surface area contributed by atoms with Crippen molar-refractivity contribution >= 4 is 12.0 Å². The summed E-state index contributed by atoms with van der Waals surface area (Å²) in [6.07, 6.45) is 7.00. The Morgan fingerprint density at radius 3 is 2.83 bits per heavy atom. The molecule has 3 aromatic rings. The number of para-hydroxylation sites is 1. The Balaban J connectivity index is 1.38. The SMILES string of the molecule is Cc1c(CCN2CCc3cc(C=CC(=O)NO)ccc3C2)cnn1-c1ccccc1. The maximum atomic E-state index is 11.2. The van der Waals surface area contributed by atoms with E-state index in [1.54, 1.807) is 11.6 Å². The average molecular weight is 402 g/mol. The van der Waals surface area contributed by atoms with Crippen LogP contribution in [0.5, 0.6) is 0 Å². The van der Waals surface area contributed by atoms with Gasteiger partial charge in [-0.15, -0.1) is 0 Å². The molecule has 1 amide bonds. The molecule has 1 aliphatic rings. The monoisotopic (exact) mass is 402 g/mol. The number of fused-ring (bicyclic) bond motifs is 1. The molecule has 0 spiro atoms. The van der Waals surface area contributed by atoms with E-state index < -0.39 is 5.91 Å². The number of hydrogen-bond donors (Lipinski definition) is 2. The van der Waals surface area contributed by atoms with Crippen LogP contribution in [-0.2, 0) is 24.2 Å². The molecule has 2 N–H and O–H groups in total. The van der Waals surface area contributed by atoms with Gasteiger partial charge in [0.2, 0.25) is 0 Å². The Labute approximate surface area is 176 Å². The van der Waals surface area contributed by atoms with E-state index in [1.807, 2.05) is 35.1 Å². The second-order valence-corrected chi connectivity index (χ2v) is 7.62. The van der Waals surface area contributed by atoms with Crippen molar-refractivity contribution in [2.24, 2.45) is 0 Å². The summed E-state index contributed by atoms with van der Waals surface area (Å²) in [6, 6.07) is 16.5. The maximum absolute atomic E-state index is 11.2. The second-order valence-electron chi connectivity index (χ2n) is 7.62. The summed E-state index contributed by atoms with van der Waals surface area (Å²) >= 11 is 0. The van der Waals surface area contributed by atoms with Crippen molar-refractivity contribution in [2.45, 2.75) is 26.3 Å². The smallest absolute Gasteiger partial charge is 0.267 e. The van der Waals surface area contributed by atoms with E-state index in [9.17, 15) is 4.79 Å². The molecule has 4 rings (SSSR count). The van der Waals surface area contributed by atoms with Crippen molar-refractivity contribution in [3.63, 3.8) is 0 Å². The van der Waals surface area contributed by atoms with Gasteiger partial charge >= 0.3 is 0 Å². The van der Waals surface area contributed by atoms with Crippen molar-refractivity contribution in [1.82, 2.24) is 20.2 Å². The van der Waals surface area contributed by atoms with Crippen LogP contribution < -0.4 is 5.48 Å². The number of nitrogens with one attached hydrogen (secondary N) is 1. The van der Waals surface area contributed by atoms with E-state index in [4.69, 9.17) is 5.21 Å². The van der Waals surface area contributed by atoms with Gasteiger partial charge in [-0.1, -0.05) is 36.4 Å². The highest BCUT2D eigenvalue weighted by Gasteiger charge is 2.17. The first-order chi connectivity index (χ1) is 14.6. The molecule has 1 aromatic heterocycles. The Morgan fingerprint density at radius 2 is 2.03 bits per heavy atom. The molecule has 6 nitrogen and oxygen atoms in total. The summed E-state index contributed by atoms with van der Waals surface area (Å²) < 4.78 is 2.01. The fourth-order valence-corrected chi connectivity index (χ4v) is 3.93. The molecular formula is C24H26N4O2. The Morgan fingerprint density at radius 1 is 1.20 bits per heavy atom. The van der Waals surface area contributed by atoms with E-state index in [0.29, 0.717) is 0 Å². The van der Waals surface area contributed by atoms with Crippen molar-refractivity contribution in [2.75, 3.05) is 13.1 Å². The van der Waals surface area contributed by atoms with Gasteiger partial charge in [-0.2, -0.15) is 5.10 Å². The lowest BCUT2D eigenvalue weighted by atomic mass is 9.97. The van der Waals surface area contributed by atoms with Gasteiger partial charge in [-0.05, 0) is 60.2 Å². The van der Waals surface area contributed by atoms with Crippen LogP contribution in [0.3, 0.4) is 0 Å². The summed E-state index contributed by atoms with van der Waals surface area (Å²) in [5.41, 5.74) is 8.81. The zero-order chi connectivity index (χ0) is 20.9. The molecule has 30 heavy (non-hydrogen) atoms. The number of nitrogens with zero attached hydrogens (tertiary/aromatic N) is 3. The van der Waals surface area contributed by atoms with E-state index in [2.05, 4.69) is 41.2 Å². The van der Waals surface area contributed by atoms with Gasteiger partial charge in [-0.25, -0.2) is 10.2 Å². The topological polar surface area (TPSA) is 70.4 Å². The Hall–Kier alpha value is -3.22. The number of benzene rings is 2. The summed E-state index contributed by atoms with van der Waals surface area (Å²) in [5, 5.41) is 13.2. The second kappa shape index (κ2) is 9.07. The van der Waals surface area contributed by atoms with Gasteiger partial charge in [0, 0.05) is 31.4 Å². The van der Waals surface area contributed by atoms with Crippen LogP contribution >= 0.6 is 0 Å². The standard InChI is InChI=1S/C24H26N4O2/c1-18-21(16-25-28(18)23-5-3-2-4-6-23)12-14-27-13-11-20-15-19(7-9-22(20)17-27)8-10-24(29)26-30/h2-10,15-16,30H,11-14,17H2,1H3,(H,26,29). The highest BCUT2D eigenvalue weighted by atomic mass is 16.5. The van der Waals surface area contributed by atoms with Gasteiger partial charge in [0.15, 0.2) is 0 Å². The summed E-state index contributed by atoms with van der Waals surface area (Å²) in [5.74, 6) is -0.523. The van der Waals surface area contributed by atoms with Crippen molar-refractivity contribution in [3.05, 3.63) is 88.8 Å². The molecule has 0 radical (unpaired) electrons. The summed E-state index contributed by atoms with van der Waals surface area (Å²) in [7, 11) is 0. The van der Waals surface area contributed by atoms with Crippen LogP contribution in [0.1, 0.15) is 27.9 Å². The maximum Gasteiger partial charge on any atom is 0.267 e. The molecule has 0 aliphatic carbocycles. The van der Waals surface area contributed by atoms with E-state index >= 15 is 0 Å². The quantitative estimate of drug-likeness (QED) is 0.377. The average Bonchev–Trinajstić information content (AvgIpc) is 3.16. The fourth-order valence-electron chi connectivity index (χ4n) is 3.93. The number of hydrogen-bond acceptors (Lipinski definition) is 4. The van der Waals surface area contributed by atoms with Gasteiger partial charge in [0.25, 0.3) is 5.91 Å². The minimum Gasteiger partial charge on any atom is -0.298 e. The Kier molecular flexibility index (Phi) is 6.07. The van der Waals surface area contributed by atoms with Crippen LogP contribution in [-0.4, -0.2) is 38.9 Å². The molecule has 0 saturated heterocycles. The van der Waals surface area contributed by atoms with E-state index in [1.165, 1.54) is 28.5 Å². The third-order valence-electron chi connectivity index (χ3n) is 5.67. The molecule has 0 fully saturated rings. The van der Waals surface area contributed by atoms with Crippen LogP contribution in [0.2, 0.25) is 0 Å². The lowest BCUT2D eigenvalue weighted by Crippen LogP contribution is -2.32. The van der Waals surface area contributed by atoms with Gasteiger partial charge in [-0.3, -0.25) is 14.9 Å². The van der Waals surface area contributed by atoms with E-state index in [-0.39, 0.29) is 0 Å². The van der Waals surface area contributed by atoms with Crippen LogP contribution in [0.25, 0.3) is 11.8 Å². The molecule has 2 aromatic carbocycles. The molecule has 0 unspecified atom stereocenters. The lowest BCUT2D eigenvalue weighted by Gasteiger charge is -2.29. The molecule has 1 aliphatic heterocycles. The normalized spacial score (nSPS) is 14.1. The number of carbonyl (C=O) groups excluding carboxylic acids is 1. The zero-order valence-corrected chi connectivity index (χ0v) is 17.1. The molecule has 2 heterocycles. The molecule has 154 valence electrons. The minimum absolute atomic E-state index is 0.523. The first-order valence-electron chi connectivity index (χ1n) is 10.2. The molecule has 6 heteroatoms. The molecule has 0 atom stereocenters. The van der Waals surface area contributed by atoms with Crippen molar-refractivity contribution in [1.29, 1.82) is 0 Å². The third-order valence-corrected chi connectivity index (χ3v) is 5.67. The van der Waals surface area contributed by atoms with Gasteiger partial charge in [0.1, 0.15) is 0 Å².